The average Bonchev–Trinajstić information content (AvgIpc) is 2.49. The molecular formula is C16H18F2N2S. The van der Waals surface area contributed by atoms with E-state index in [1.807, 2.05) is 12.4 Å². The second-order valence-electron chi connectivity index (χ2n) is 4.77. The number of hydrogen-bond donors (Lipinski definition) is 0. The van der Waals surface area contributed by atoms with Gasteiger partial charge in [-0.15, -0.1) is 0 Å². The van der Waals surface area contributed by atoms with Gasteiger partial charge < -0.3 is 0 Å². The summed E-state index contributed by atoms with van der Waals surface area (Å²) in [4.78, 5) is 9.25. The van der Waals surface area contributed by atoms with Gasteiger partial charge in [0.25, 0.3) is 5.76 Å². The Balaban J connectivity index is 2.01. The quantitative estimate of drug-likeness (QED) is 0.520. The van der Waals surface area contributed by atoms with Crippen molar-refractivity contribution in [2.24, 2.45) is 0 Å². The Morgan fingerprint density at radius 1 is 1.05 bits per heavy atom. The molecule has 0 bridgehead atoms. The predicted octanol–water partition coefficient (Wildman–Crippen LogP) is 5.19. The van der Waals surface area contributed by atoms with Gasteiger partial charge in [0.2, 0.25) is 0 Å². The molecule has 0 amide bonds. The highest BCUT2D eigenvalue weighted by molar-refractivity contribution is 7.99. The van der Waals surface area contributed by atoms with Crippen molar-refractivity contribution in [2.75, 3.05) is 0 Å². The van der Waals surface area contributed by atoms with Gasteiger partial charge in [0.05, 0.1) is 0 Å². The van der Waals surface area contributed by atoms with Crippen molar-refractivity contribution in [3.05, 3.63) is 42.2 Å². The summed E-state index contributed by atoms with van der Waals surface area (Å²) in [6.45, 7) is 2.18. The van der Waals surface area contributed by atoms with E-state index in [9.17, 15) is 8.78 Å². The van der Waals surface area contributed by atoms with Gasteiger partial charge in [-0.1, -0.05) is 43.7 Å². The molecule has 0 saturated heterocycles. The van der Waals surface area contributed by atoms with Crippen molar-refractivity contribution in [1.82, 2.24) is 9.97 Å². The lowest BCUT2D eigenvalue weighted by Crippen LogP contribution is -1.93. The van der Waals surface area contributed by atoms with Gasteiger partial charge in [0.15, 0.2) is 5.82 Å². The van der Waals surface area contributed by atoms with E-state index in [0.717, 1.165) is 24.0 Å². The largest absolute Gasteiger partial charge is 0.288 e. The summed E-state index contributed by atoms with van der Waals surface area (Å²) in [5, 5.41) is 0. The number of benzene rings is 1. The Kier molecular flexibility index (Phi) is 6.11. The Labute approximate surface area is 128 Å². The number of hydrogen-bond acceptors (Lipinski definition) is 3. The molecule has 0 radical (unpaired) electrons. The van der Waals surface area contributed by atoms with E-state index in [1.165, 1.54) is 12.8 Å². The maximum absolute atomic E-state index is 12.3. The van der Waals surface area contributed by atoms with Gasteiger partial charge in [-0.05, 0) is 30.5 Å². The fourth-order valence-electron chi connectivity index (χ4n) is 2.00. The van der Waals surface area contributed by atoms with E-state index in [1.54, 1.807) is 24.3 Å². The standard InChI is InChI=1S/C16H18F2N2S/c1-2-3-4-5-12-10-19-15(20-11-12)13-6-8-14(9-7-13)21-16(17)18/h6-11,16H,2-5H2,1H3. The summed E-state index contributed by atoms with van der Waals surface area (Å²) in [5.74, 6) is -1.77. The van der Waals surface area contributed by atoms with E-state index < -0.39 is 5.76 Å². The maximum Gasteiger partial charge on any atom is 0.288 e. The highest BCUT2D eigenvalue weighted by Gasteiger charge is 2.06. The molecule has 0 N–H and O–H groups in total. The third-order valence-corrected chi connectivity index (χ3v) is 3.83. The molecule has 0 saturated carbocycles. The zero-order valence-corrected chi connectivity index (χ0v) is 12.7. The minimum absolute atomic E-state index is 0.542. The molecule has 0 unspecified atom stereocenters. The molecule has 0 atom stereocenters. The van der Waals surface area contributed by atoms with Gasteiger partial charge in [-0.3, -0.25) is 0 Å². The number of aryl methyl sites for hydroxylation is 1. The highest BCUT2D eigenvalue weighted by atomic mass is 32.2. The molecule has 2 aromatic rings. The minimum Gasteiger partial charge on any atom is -0.236 e. The third-order valence-electron chi connectivity index (χ3n) is 3.11. The SMILES string of the molecule is CCCCCc1cnc(-c2ccc(SC(F)F)cc2)nc1. The van der Waals surface area contributed by atoms with Gasteiger partial charge in [0, 0.05) is 22.9 Å². The first kappa shape index (κ1) is 15.9. The molecule has 2 nitrogen and oxygen atoms in total. The van der Waals surface area contributed by atoms with Crippen LogP contribution in [0.15, 0.2) is 41.6 Å². The summed E-state index contributed by atoms with van der Waals surface area (Å²) in [5.41, 5.74) is 1.98. The van der Waals surface area contributed by atoms with Crippen molar-refractivity contribution in [3.63, 3.8) is 0 Å². The second-order valence-corrected chi connectivity index (χ2v) is 5.84. The molecule has 0 aliphatic rings. The fraction of sp³-hybridized carbons (Fsp3) is 0.375. The number of thioether (sulfide) groups is 1. The molecule has 0 spiro atoms. The topological polar surface area (TPSA) is 25.8 Å². The third kappa shape index (κ3) is 5.08. The van der Waals surface area contributed by atoms with Gasteiger partial charge in [0.1, 0.15) is 0 Å². The maximum atomic E-state index is 12.3. The van der Waals surface area contributed by atoms with Crippen molar-refractivity contribution < 1.29 is 8.78 Å². The van der Waals surface area contributed by atoms with Crippen molar-refractivity contribution >= 4 is 11.8 Å². The summed E-state index contributed by atoms with van der Waals surface area (Å²) in [6.07, 6.45) is 8.25. The van der Waals surface area contributed by atoms with Crippen LogP contribution in [0.25, 0.3) is 11.4 Å². The van der Waals surface area contributed by atoms with Crippen LogP contribution in [0.1, 0.15) is 31.7 Å². The number of aromatic nitrogens is 2. The first-order chi connectivity index (χ1) is 10.2. The molecule has 1 aromatic heterocycles. The minimum atomic E-state index is -2.39. The summed E-state index contributed by atoms with van der Waals surface area (Å²) >= 11 is 0.542. The van der Waals surface area contributed by atoms with E-state index >= 15 is 0 Å². The molecule has 0 aliphatic heterocycles. The zero-order valence-electron chi connectivity index (χ0n) is 11.9. The first-order valence-electron chi connectivity index (χ1n) is 7.05. The van der Waals surface area contributed by atoms with Crippen LogP contribution in [0, 0.1) is 0 Å². The lowest BCUT2D eigenvalue weighted by atomic mass is 10.1. The van der Waals surface area contributed by atoms with Crippen LogP contribution in [-0.2, 0) is 6.42 Å². The molecule has 5 heteroatoms. The predicted molar refractivity (Wildman–Crippen MR) is 82.6 cm³/mol. The molecule has 1 aromatic carbocycles. The van der Waals surface area contributed by atoms with Crippen LogP contribution < -0.4 is 0 Å². The number of alkyl halides is 2. The van der Waals surface area contributed by atoms with Crippen molar-refractivity contribution in [2.45, 2.75) is 43.3 Å². The van der Waals surface area contributed by atoms with E-state index in [0.29, 0.717) is 22.5 Å². The zero-order chi connectivity index (χ0) is 15.1. The number of nitrogens with zero attached hydrogens (tertiary/aromatic N) is 2. The molecule has 2 rings (SSSR count). The van der Waals surface area contributed by atoms with Gasteiger partial charge in [-0.25, -0.2) is 9.97 Å². The molecule has 112 valence electrons. The van der Waals surface area contributed by atoms with E-state index in [-0.39, 0.29) is 0 Å². The lowest BCUT2D eigenvalue weighted by Gasteiger charge is -2.04. The van der Waals surface area contributed by atoms with Crippen LogP contribution in [0.5, 0.6) is 0 Å². The first-order valence-corrected chi connectivity index (χ1v) is 7.93. The Hall–Kier alpha value is -1.49. The lowest BCUT2D eigenvalue weighted by molar-refractivity contribution is 0.252. The Bertz CT molecular complexity index is 541. The molecular weight excluding hydrogens is 290 g/mol. The van der Waals surface area contributed by atoms with Crippen LogP contribution in [0.2, 0.25) is 0 Å². The summed E-state index contributed by atoms with van der Waals surface area (Å²) in [7, 11) is 0. The Morgan fingerprint density at radius 3 is 2.29 bits per heavy atom. The average molecular weight is 308 g/mol. The van der Waals surface area contributed by atoms with Crippen LogP contribution >= 0.6 is 11.8 Å². The molecule has 0 aliphatic carbocycles. The second kappa shape index (κ2) is 8.08. The van der Waals surface area contributed by atoms with Gasteiger partial charge >= 0.3 is 0 Å². The van der Waals surface area contributed by atoms with Crippen LogP contribution in [-0.4, -0.2) is 15.7 Å². The fourth-order valence-corrected chi connectivity index (χ4v) is 2.50. The smallest absolute Gasteiger partial charge is 0.236 e. The van der Waals surface area contributed by atoms with Crippen molar-refractivity contribution in [3.8, 4) is 11.4 Å². The van der Waals surface area contributed by atoms with E-state index in [2.05, 4.69) is 16.9 Å². The Morgan fingerprint density at radius 2 is 1.71 bits per heavy atom. The number of rotatable bonds is 7. The monoisotopic (exact) mass is 308 g/mol. The van der Waals surface area contributed by atoms with E-state index in [4.69, 9.17) is 0 Å². The normalized spacial score (nSPS) is 11.0. The number of halogens is 2. The van der Waals surface area contributed by atoms with Crippen LogP contribution in [0.4, 0.5) is 8.78 Å². The van der Waals surface area contributed by atoms with Crippen LogP contribution in [0.3, 0.4) is 0 Å². The van der Waals surface area contributed by atoms with Crippen molar-refractivity contribution in [1.29, 1.82) is 0 Å². The van der Waals surface area contributed by atoms with Gasteiger partial charge in [-0.2, -0.15) is 8.78 Å². The number of unbranched alkanes of at least 4 members (excludes halogenated alkanes) is 2. The molecule has 1 heterocycles. The molecule has 0 fully saturated rings. The summed E-state index contributed by atoms with van der Waals surface area (Å²) in [6, 6.07) is 6.89. The molecule has 21 heavy (non-hydrogen) atoms. The highest BCUT2D eigenvalue weighted by Crippen LogP contribution is 2.26. The summed E-state index contributed by atoms with van der Waals surface area (Å²) < 4.78 is 24.5.